The fourth-order valence-corrected chi connectivity index (χ4v) is 4.67. The van der Waals surface area contributed by atoms with E-state index in [9.17, 15) is 4.79 Å². The zero-order valence-electron chi connectivity index (χ0n) is 15.5. The number of carbonyl (C=O) groups is 1. The van der Waals surface area contributed by atoms with Crippen LogP contribution in [0.1, 0.15) is 36.3 Å². The van der Waals surface area contributed by atoms with Crippen molar-refractivity contribution >= 4 is 5.91 Å². The lowest BCUT2D eigenvalue weighted by Crippen LogP contribution is -2.52. The Labute approximate surface area is 155 Å². The van der Waals surface area contributed by atoms with Crippen LogP contribution in [0.4, 0.5) is 0 Å². The highest BCUT2D eigenvalue weighted by Crippen LogP contribution is 2.45. The second-order valence-electron chi connectivity index (χ2n) is 7.99. The number of likely N-dealkylation sites (N-methyl/N-ethyl adjacent to an activating group) is 1. The maximum atomic E-state index is 12.8. The molecule has 1 amide bonds. The molecular formula is C22H27N3O. The fourth-order valence-electron chi connectivity index (χ4n) is 4.67. The summed E-state index contributed by atoms with van der Waals surface area (Å²) in [6.45, 7) is 4.10. The highest BCUT2D eigenvalue weighted by molar-refractivity contribution is 5.84. The van der Waals surface area contributed by atoms with Gasteiger partial charge in [0, 0.05) is 32.5 Å². The minimum Gasteiger partial charge on any atom is -0.345 e. The number of hydrogen-bond acceptors (Lipinski definition) is 3. The second-order valence-corrected chi connectivity index (χ2v) is 7.99. The molecule has 2 saturated heterocycles. The van der Waals surface area contributed by atoms with Gasteiger partial charge in [0.05, 0.1) is 5.92 Å². The first-order valence-corrected chi connectivity index (χ1v) is 9.56. The molecule has 1 aromatic carbocycles. The van der Waals surface area contributed by atoms with Gasteiger partial charge in [0.2, 0.25) is 5.91 Å². The Morgan fingerprint density at radius 3 is 2.46 bits per heavy atom. The topological polar surface area (TPSA) is 36.4 Å². The van der Waals surface area contributed by atoms with Crippen LogP contribution in [0.2, 0.25) is 0 Å². The molecule has 4 heteroatoms. The van der Waals surface area contributed by atoms with Gasteiger partial charge in [-0.05, 0) is 61.0 Å². The van der Waals surface area contributed by atoms with Gasteiger partial charge in [-0.25, -0.2) is 0 Å². The summed E-state index contributed by atoms with van der Waals surface area (Å²) in [7, 11) is 1.97. The summed E-state index contributed by atoms with van der Waals surface area (Å²) in [5, 5.41) is 0. The van der Waals surface area contributed by atoms with Crippen LogP contribution in [-0.4, -0.2) is 47.4 Å². The van der Waals surface area contributed by atoms with Crippen molar-refractivity contribution in [1.82, 2.24) is 14.8 Å². The summed E-state index contributed by atoms with van der Waals surface area (Å²) in [6.07, 6.45) is 7.06. The van der Waals surface area contributed by atoms with E-state index in [0.29, 0.717) is 0 Å². The van der Waals surface area contributed by atoms with Crippen LogP contribution in [-0.2, 0) is 11.3 Å². The lowest BCUT2D eigenvalue weighted by Gasteiger charge is -2.49. The third-order valence-electron chi connectivity index (χ3n) is 6.16. The average Bonchev–Trinajstić information content (AvgIpc) is 2.68. The van der Waals surface area contributed by atoms with Crippen LogP contribution in [0.5, 0.6) is 0 Å². The predicted molar refractivity (Wildman–Crippen MR) is 103 cm³/mol. The molecule has 0 radical (unpaired) electrons. The third kappa shape index (κ3) is 3.51. The normalized spacial score (nSPS) is 23.3. The third-order valence-corrected chi connectivity index (χ3v) is 6.16. The number of hydrogen-bond donors (Lipinski definition) is 0. The zero-order valence-corrected chi connectivity index (χ0v) is 15.5. The maximum absolute atomic E-state index is 12.8. The molecular weight excluding hydrogens is 322 g/mol. The molecule has 0 N–H and O–H groups in total. The Morgan fingerprint density at radius 1 is 1.08 bits per heavy atom. The first-order valence-electron chi connectivity index (χ1n) is 9.56. The van der Waals surface area contributed by atoms with Gasteiger partial charge < -0.3 is 4.90 Å². The summed E-state index contributed by atoms with van der Waals surface area (Å²) >= 11 is 0. The first-order chi connectivity index (χ1) is 12.7. The minimum absolute atomic E-state index is 0.0155. The number of piperidine rings is 2. The Morgan fingerprint density at radius 2 is 1.77 bits per heavy atom. The molecule has 1 atom stereocenters. The SMILES string of the molecule is CN1CC2(CCN(Cc3ccncc3)CC2)C[C@@H](c2ccccc2)C1=O. The Balaban J connectivity index is 1.45. The van der Waals surface area contributed by atoms with Crippen LogP contribution < -0.4 is 0 Å². The lowest BCUT2D eigenvalue weighted by molar-refractivity contribution is -0.139. The zero-order chi connectivity index (χ0) is 18.0. The van der Waals surface area contributed by atoms with Crippen molar-refractivity contribution in [3.8, 4) is 0 Å². The monoisotopic (exact) mass is 349 g/mol. The average molecular weight is 349 g/mol. The standard InChI is InChI=1S/C22H27N3O/c1-24-17-22(15-20(21(24)26)19-5-3-2-4-6-19)9-13-25(14-10-22)16-18-7-11-23-12-8-18/h2-8,11-12,20H,9-10,13-17H2,1H3/t20-/m0/s1. The maximum Gasteiger partial charge on any atom is 0.229 e. The van der Waals surface area contributed by atoms with Gasteiger partial charge in [0.1, 0.15) is 0 Å². The summed E-state index contributed by atoms with van der Waals surface area (Å²) in [6, 6.07) is 14.5. The molecule has 2 aliphatic heterocycles. The number of rotatable bonds is 3. The van der Waals surface area contributed by atoms with Crippen molar-refractivity contribution < 1.29 is 4.79 Å². The van der Waals surface area contributed by atoms with Crippen molar-refractivity contribution in [2.24, 2.45) is 5.41 Å². The number of pyridine rings is 1. The van der Waals surface area contributed by atoms with Crippen molar-refractivity contribution in [3.05, 3.63) is 66.0 Å². The summed E-state index contributed by atoms with van der Waals surface area (Å²) < 4.78 is 0. The van der Waals surface area contributed by atoms with Crippen LogP contribution >= 0.6 is 0 Å². The molecule has 1 aromatic heterocycles. The fraction of sp³-hybridized carbons (Fsp3) is 0.455. The summed E-state index contributed by atoms with van der Waals surface area (Å²) in [5.41, 5.74) is 2.76. The molecule has 0 unspecified atom stereocenters. The van der Waals surface area contributed by atoms with Crippen LogP contribution in [0.15, 0.2) is 54.9 Å². The van der Waals surface area contributed by atoms with E-state index in [1.807, 2.05) is 42.5 Å². The molecule has 2 aliphatic rings. The van der Waals surface area contributed by atoms with E-state index in [-0.39, 0.29) is 17.2 Å². The van der Waals surface area contributed by atoms with Gasteiger partial charge in [0.15, 0.2) is 0 Å². The predicted octanol–water partition coefficient (Wildman–Crippen LogP) is 3.31. The first kappa shape index (κ1) is 17.2. The van der Waals surface area contributed by atoms with Crippen LogP contribution in [0.25, 0.3) is 0 Å². The van der Waals surface area contributed by atoms with E-state index < -0.39 is 0 Å². The van der Waals surface area contributed by atoms with E-state index in [2.05, 4.69) is 34.1 Å². The molecule has 26 heavy (non-hydrogen) atoms. The number of amides is 1. The van der Waals surface area contributed by atoms with E-state index in [1.54, 1.807) is 0 Å². The van der Waals surface area contributed by atoms with Gasteiger partial charge in [-0.15, -0.1) is 0 Å². The minimum atomic E-state index is 0.0155. The van der Waals surface area contributed by atoms with Gasteiger partial charge in [-0.2, -0.15) is 0 Å². The second kappa shape index (κ2) is 7.20. The summed E-state index contributed by atoms with van der Waals surface area (Å²) in [4.78, 5) is 21.4. The van der Waals surface area contributed by atoms with E-state index in [1.165, 1.54) is 24.0 Å². The highest BCUT2D eigenvalue weighted by Gasteiger charge is 2.44. The Kier molecular flexibility index (Phi) is 4.77. The Bertz CT molecular complexity index is 738. The molecule has 2 fully saturated rings. The van der Waals surface area contributed by atoms with Gasteiger partial charge in [-0.1, -0.05) is 30.3 Å². The van der Waals surface area contributed by atoms with Gasteiger partial charge in [-0.3, -0.25) is 14.7 Å². The van der Waals surface area contributed by atoms with Crippen LogP contribution in [0, 0.1) is 5.41 Å². The number of likely N-dealkylation sites (tertiary alicyclic amines) is 2. The van der Waals surface area contributed by atoms with Crippen molar-refractivity contribution in [2.45, 2.75) is 31.7 Å². The smallest absolute Gasteiger partial charge is 0.229 e. The van der Waals surface area contributed by atoms with Crippen molar-refractivity contribution in [1.29, 1.82) is 0 Å². The molecule has 4 nitrogen and oxygen atoms in total. The number of carbonyl (C=O) groups excluding carboxylic acids is 1. The molecule has 2 aromatic rings. The Hall–Kier alpha value is -2.20. The van der Waals surface area contributed by atoms with E-state index >= 15 is 0 Å². The quantitative estimate of drug-likeness (QED) is 0.853. The number of nitrogens with zero attached hydrogens (tertiary/aromatic N) is 3. The highest BCUT2D eigenvalue weighted by atomic mass is 16.2. The number of aromatic nitrogens is 1. The van der Waals surface area contributed by atoms with E-state index in [4.69, 9.17) is 0 Å². The summed E-state index contributed by atoms with van der Waals surface area (Å²) in [5.74, 6) is 0.294. The molecule has 4 rings (SSSR count). The molecule has 0 bridgehead atoms. The van der Waals surface area contributed by atoms with Crippen LogP contribution in [0.3, 0.4) is 0 Å². The molecule has 0 aliphatic carbocycles. The van der Waals surface area contributed by atoms with E-state index in [0.717, 1.165) is 32.6 Å². The molecule has 136 valence electrons. The largest absolute Gasteiger partial charge is 0.345 e. The van der Waals surface area contributed by atoms with Crippen molar-refractivity contribution in [2.75, 3.05) is 26.7 Å². The van der Waals surface area contributed by atoms with Crippen molar-refractivity contribution in [3.63, 3.8) is 0 Å². The molecule has 1 spiro atoms. The number of benzene rings is 1. The lowest BCUT2D eigenvalue weighted by atomic mass is 9.67. The molecule has 0 saturated carbocycles. The van der Waals surface area contributed by atoms with Gasteiger partial charge in [0.25, 0.3) is 0 Å². The molecule has 3 heterocycles. The van der Waals surface area contributed by atoms with Gasteiger partial charge >= 0.3 is 0 Å².